The topological polar surface area (TPSA) is 75.4 Å². The van der Waals surface area contributed by atoms with Crippen LogP contribution in [0.4, 0.5) is 0 Å². The lowest BCUT2D eigenvalue weighted by Gasteiger charge is -1.95. The van der Waals surface area contributed by atoms with Gasteiger partial charge in [0, 0.05) is 18.7 Å². The number of rotatable bonds is 4. The average Bonchev–Trinajstić information content (AvgIpc) is 2.79. The molecule has 2 rings (SSSR count). The Morgan fingerprint density at radius 2 is 2.54 bits per heavy atom. The molecule has 2 N–H and O–H groups in total. The van der Waals surface area contributed by atoms with Gasteiger partial charge in [-0.3, -0.25) is 0 Å². The third kappa shape index (κ3) is 2.06. The molecule has 0 amide bonds. The largest absolute Gasteiger partial charge is 0.475 e. The molecule has 0 saturated heterocycles. The first kappa shape index (κ1) is 8.25. The fourth-order valence-electron chi connectivity index (χ4n) is 1.03. The molecule has 1 saturated carbocycles. The number of aromatic nitrogens is 1. The Morgan fingerprint density at radius 1 is 1.77 bits per heavy atom. The Kier molecular flexibility index (Phi) is 2.02. The molecule has 1 fully saturated rings. The molecule has 1 aliphatic carbocycles. The summed E-state index contributed by atoms with van der Waals surface area (Å²) >= 11 is 0. The van der Waals surface area contributed by atoms with Crippen molar-refractivity contribution in [3.05, 3.63) is 17.5 Å². The van der Waals surface area contributed by atoms with E-state index in [1.807, 2.05) is 0 Å². The van der Waals surface area contributed by atoms with E-state index in [1.165, 1.54) is 18.9 Å². The minimum absolute atomic E-state index is 0.104. The van der Waals surface area contributed by atoms with Crippen molar-refractivity contribution in [1.82, 2.24) is 10.5 Å². The van der Waals surface area contributed by atoms with Gasteiger partial charge in [0.05, 0.1) is 5.69 Å². The van der Waals surface area contributed by atoms with Crippen molar-refractivity contribution in [2.24, 2.45) is 0 Å². The Balaban J connectivity index is 1.92. The monoisotopic (exact) mass is 182 g/mol. The molecule has 1 aliphatic rings. The molecule has 0 unspecified atom stereocenters. The van der Waals surface area contributed by atoms with Gasteiger partial charge in [0.1, 0.15) is 0 Å². The maximum absolute atomic E-state index is 10.4. The summed E-state index contributed by atoms with van der Waals surface area (Å²) in [6, 6.07) is 2.03. The van der Waals surface area contributed by atoms with Gasteiger partial charge in [-0.2, -0.15) is 0 Å². The van der Waals surface area contributed by atoms with Crippen LogP contribution in [0.25, 0.3) is 0 Å². The third-order valence-corrected chi connectivity index (χ3v) is 1.92. The Labute approximate surface area is 74.7 Å². The average molecular weight is 182 g/mol. The first-order chi connectivity index (χ1) is 6.25. The summed E-state index contributed by atoms with van der Waals surface area (Å²) in [6.45, 7) is 0.585. The number of hydrogen-bond acceptors (Lipinski definition) is 4. The predicted octanol–water partition coefficient (Wildman–Crippen LogP) is 0.625. The van der Waals surface area contributed by atoms with Crippen molar-refractivity contribution in [1.29, 1.82) is 0 Å². The van der Waals surface area contributed by atoms with E-state index in [4.69, 9.17) is 5.11 Å². The fraction of sp³-hybridized carbons (Fsp3) is 0.500. The van der Waals surface area contributed by atoms with Crippen LogP contribution in [-0.2, 0) is 6.54 Å². The molecule has 1 aromatic heterocycles. The van der Waals surface area contributed by atoms with Crippen LogP contribution in [0, 0.1) is 0 Å². The number of carboxylic acid groups (broad SMARTS) is 1. The second-order valence-corrected chi connectivity index (χ2v) is 3.14. The number of nitrogens with zero attached hydrogens (tertiary/aromatic N) is 1. The molecule has 1 aromatic rings. The normalized spacial score (nSPS) is 16.0. The molecular weight excluding hydrogens is 172 g/mol. The summed E-state index contributed by atoms with van der Waals surface area (Å²) in [4.78, 5) is 10.4. The van der Waals surface area contributed by atoms with Gasteiger partial charge in [0.2, 0.25) is 5.76 Å². The fourth-order valence-corrected chi connectivity index (χ4v) is 1.03. The van der Waals surface area contributed by atoms with Gasteiger partial charge < -0.3 is 14.9 Å². The lowest BCUT2D eigenvalue weighted by atomic mass is 10.3. The maximum atomic E-state index is 10.4. The first-order valence-electron chi connectivity index (χ1n) is 4.18. The highest BCUT2D eigenvalue weighted by atomic mass is 16.5. The van der Waals surface area contributed by atoms with E-state index in [-0.39, 0.29) is 5.76 Å². The highest BCUT2D eigenvalue weighted by Crippen LogP contribution is 2.19. The molecular formula is C8H10N2O3. The van der Waals surface area contributed by atoms with E-state index in [9.17, 15) is 4.79 Å². The number of nitrogens with one attached hydrogen (secondary N) is 1. The molecule has 5 nitrogen and oxygen atoms in total. The zero-order valence-corrected chi connectivity index (χ0v) is 6.99. The van der Waals surface area contributed by atoms with Gasteiger partial charge >= 0.3 is 5.97 Å². The second-order valence-electron chi connectivity index (χ2n) is 3.14. The van der Waals surface area contributed by atoms with Gasteiger partial charge in [0.15, 0.2) is 0 Å². The van der Waals surface area contributed by atoms with Crippen molar-refractivity contribution in [3.63, 3.8) is 0 Å². The minimum Gasteiger partial charge on any atom is -0.475 e. The summed E-state index contributed by atoms with van der Waals surface area (Å²) in [7, 11) is 0. The first-order valence-corrected chi connectivity index (χ1v) is 4.18. The third-order valence-electron chi connectivity index (χ3n) is 1.92. The second kappa shape index (κ2) is 3.18. The Bertz CT molecular complexity index is 317. The van der Waals surface area contributed by atoms with Gasteiger partial charge in [-0.05, 0) is 12.8 Å². The van der Waals surface area contributed by atoms with Crippen molar-refractivity contribution < 1.29 is 14.4 Å². The highest BCUT2D eigenvalue weighted by Gasteiger charge is 2.21. The molecule has 0 bridgehead atoms. The summed E-state index contributed by atoms with van der Waals surface area (Å²) in [5.74, 6) is -1.18. The van der Waals surface area contributed by atoms with Gasteiger partial charge in [0.25, 0.3) is 0 Å². The SMILES string of the molecule is O=C(O)c1cc(CNC2CC2)no1. The molecule has 0 aliphatic heterocycles. The summed E-state index contributed by atoms with van der Waals surface area (Å²) in [5, 5.41) is 15.4. The summed E-state index contributed by atoms with van der Waals surface area (Å²) in [5.41, 5.74) is 0.643. The molecule has 0 radical (unpaired) electrons. The highest BCUT2D eigenvalue weighted by molar-refractivity contribution is 5.84. The van der Waals surface area contributed by atoms with Gasteiger partial charge in [-0.1, -0.05) is 5.16 Å². The Morgan fingerprint density at radius 3 is 3.08 bits per heavy atom. The lowest BCUT2D eigenvalue weighted by Crippen LogP contribution is -2.15. The van der Waals surface area contributed by atoms with Crippen LogP contribution in [0.15, 0.2) is 10.6 Å². The van der Waals surface area contributed by atoms with Crippen LogP contribution in [-0.4, -0.2) is 22.3 Å². The predicted molar refractivity (Wildman–Crippen MR) is 43.3 cm³/mol. The van der Waals surface area contributed by atoms with Gasteiger partial charge in [-0.15, -0.1) is 0 Å². The molecule has 13 heavy (non-hydrogen) atoms. The van der Waals surface area contributed by atoms with E-state index in [0.29, 0.717) is 18.3 Å². The number of carboxylic acids is 1. The zero-order chi connectivity index (χ0) is 9.26. The number of carbonyl (C=O) groups is 1. The Hall–Kier alpha value is -1.36. The molecule has 70 valence electrons. The minimum atomic E-state index is -1.08. The quantitative estimate of drug-likeness (QED) is 0.714. The maximum Gasteiger partial charge on any atom is 0.374 e. The molecule has 1 heterocycles. The van der Waals surface area contributed by atoms with Gasteiger partial charge in [-0.25, -0.2) is 4.79 Å². The smallest absolute Gasteiger partial charge is 0.374 e. The molecule has 0 spiro atoms. The van der Waals surface area contributed by atoms with E-state index in [1.54, 1.807) is 0 Å². The van der Waals surface area contributed by atoms with E-state index in [2.05, 4.69) is 15.0 Å². The molecule has 0 atom stereocenters. The summed E-state index contributed by atoms with van der Waals surface area (Å²) < 4.78 is 4.59. The lowest BCUT2D eigenvalue weighted by molar-refractivity contribution is 0.0652. The van der Waals surface area contributed by atoms with E-state index < -0.39 is 5.97 Å². The van der Waals surface area contributed by atoms with Crippen molar-refractivity contribution in [3.8, 4) is 0 Å². The van der Waals surface area contributed by atoms with Crippen molar-refractivity contribution in [2.75, 3.05) is 0 Å². The van der Waals surface area contributed by atoms with Crippen molar-refractivity contribution >= 4 is 5.97 Å². The molecule has 5 heteroatoms. The van der Waals surface area contributed by atoms with Crippen LogP contribution in [0.5, 0.6) is 0 Å². The van der Waals surface area contributed by atoms with Crippen LogP contribution >= 0.6 is 0 Å². The summed E-state index contributed by atoms with van der Waals surface area (Å²) in [6.07, 6.45) is 2.40. The zero-order valence-electron chi connectivity index (χ0n) is 6.99. The van der Waals surface area contributed by atoms with Crippen LogP contribution in [0.1, 0.15) is 29.1 Å². The standard InChI is InChI=1S/C8H10N2O3/c11-8(12)7-3-6(10-13-7)4-9-5-1-2-5/h3,5,9H,1-2,4H2,(H,11,12). The molecule has 0 aromatic carbocycles. The van der Waals surface area contributed by atoms with Crippen molar-refractivity contribution in [2.45, 2.75) is 25.4 Å². The van der Waals surface area contributed by atoms with Crippen LogP contribution in [0.3, 0.4) is 0 Å². The van der Waals surface area contributed by atoms with Crippen LogP contribution in [0.2, 0.25) is 0 Å². The number of hydrogen-bond donors (Lipinski definition) is 2. The van der Waals surface area contributed by atoms with E-state index >= 15 is 0 Å². The van der Waals surface area contributed by atoms with E-state index in [0.717, 1.165) is 0 Å². The van der Waals surface area contributed by atoms with Crippen LogP contribution < -0.4 is 5.32 Å². The number of aromatic carboxylic acids is 1.